The summed E-state index contributed by atoms with van der Waals surface area (Å²) in [5.74, 6) is 0.983. The fourth-order valence-corrected chi connectivity index (χ4v) is 2.29. The van der Waals surface area contributed by atoms with Crippen molar-refractivity contribution in [2.75, 3.05) is 20.3 Å². The standard InChI is InChI=1S/C16H22O4/c1-10-5-6-11(2)15(12(10)3)20-14-9-13(17)16(14)19-8-7-18-4/h5-6,14,16H,7-9H2,1-4H3. The van der Waals surface area contributed by atoms with Gasteiger partial charge in [0.1, 0.15) is 11.9 Å². The van der Waals surface area contributed by atoms with Crippen molar-refractivity contribution < 1.29 is 19.0 Å². The minimum Gasteiger partial charge on any atom is -0.486 e. The number of hydrogen-bond acceptors (Lipinski definition) is 4. The number of hydrogen-bond donors (Lipinski definition) is 0. The predicted molar refractivity (Wildman–Crippen MR) is 76.3 cm³/mol. The first kappa shape index (κ1) is 15.0. The Morgan fingerprint density at radius 3 is 2.50 bits per heavy atom. The van der Waals surface area contributed by atoms with Crippen LogP contribution in [0.4, 0.5) is 0 Å². The monoisotopic (exact) mass is 278 g/mol. The molecule has 1 fully saturated rings. The fraction of sp³-hybridized carbons (Fsp3) is 0.562. The molecule has 0 amide bonds. The SMILES string of the molecule is COCCOC1C(=O)CC1Oc1c(C)ccc(C)c1C. The Bertz CT molecular complexity index is 495. The summed E-state index contributed by atoms with van der Waals surface area (Å²) in [7, 11) is 1.61. The van der Waals surface area contributed by atoms with Crippen molar-refractivity contribution in [3.05, 3.63) is 28.8 Å². The highest BCUT2D eigenvalue weighted by molar-refractivity contribution is 5.90. The topological polar surface area (TPSA) is 44.8 Å². The van der Waals surface area contributed by atoms with Crippen molar-refractivity contribution in [2.24, 2.45) is 0 Å². The molecule has 1 aliphatic carbocycles. The lowest BCUT2D eigenvalue weighted by atomic mass is 9.89. The molecule has 0 bridgehead atoms. The lowest BCUT2D eigenvalue weighted by Gasteiger charge is -2.35. The summed E-state index contributed by atoms with van der Waals surface area (Å²) in [4.78, 5) is 11.6. The van der Waals surface area contributed by atoms with Crippen molar-refractivity contribution in [1.29, 1.82) is 0 Å². The highest BCUT2D eigenvalue weighted by Crippen LogP contribution is 2.31. The lowest BCUT2D eigenvalue weighted by molar-refractivity contribution is -0.156. The number of Topliss-reactive ketones (excluding diaryl/α,β-unsaturated/α-hetero) is 1. The van der Waals surface area contributed by atoms with Crippen LogP contribution in [0.2, 0.25) is 0 Å². The maximum absolute atomic E-state index is 11.6. The molecule has 0 heterocycles. The molecule has 4 nitrogen and oxygen atoms in total. The van der Waals surface area contributed by atoms with Crippen LogP contribution < -0.4 is 4.74 Å². The Morgan fingerprint density at radius 2 is 1.85 bits per heavy atom. The number of aryl methyl sites for hydroxylation is 2. The maximum Gasteiger partial charge on any atom is 0.169 e. The first-order valence-corrected chi connectivity index (χ1v) is 6.91. The first-order chi connectivity index (χ1) is 9.54. The normalized spacial score (nSPS) is 21.7. The van der Waals surface area contributed by atoms with Crippen LogP contribution in [0.5, 0.6) is 5.75 Å². The first-order valence-electron chi connectivity index (χ1n) is 6.91. The van der Waals surface area contributed by atoms with E-state index in [1.54, 1.807) is 7.11 Å². The van der Waals surface area contributed by atoms with E-state index in [-0.39, 0.29) is 11.9 Å². The van der Waals surface area contributed by atoms with Gasteiger partial charge in [-0.05, 0) is 37.5 Å². The Balaban J connectivity index is 2.03. The quantitative estimate of drug-likeness (QED) is 0.749. The zero-order chi connectivity index (χ0) is 14.7. The van der Waals surface area contributed by atoms with E-state index < -0.39 is 6.10 Å². The summed E-state index contributed by atoms with van der Waals surface area (Å²) in [5.41, 5.74) is 3.40. The smallest absolute Gasteiger partial charge is 0.169 e. The second-order valence-corrected chi connectivity index (χ2v) is 5.26. The lowest BCUT2D eigenvalue weighted by Crippen LogP contribution is -2.52. The van der Waals surface area contributed by atoms with E-state index in [0.29, 0.717) is 19.6 Å². The molecule has 0 N–H and O–H groups in total. The van der Waals surface area contributed by atoms with Gasteiger partial charge in [-0.1, -0.05) is 12.1 Å². The van der Waals surface area contributed by atoms with E-state index >= 15 is 0 Å². The molecule has 2 unspecified atom stereocenters. The Hall–Kier alpha value is -1.39. The van der Waals surface area contributed by atoms with E-state index in [2.05, 4.69) is 13.0 Å². The molecule has 0 aromatic heterocycles. The molecule has 0 aliphatic heterocycles. The minimum atomic E-state index is -0.454. The summed E-state index contributed by atoms with van der Waals surface area (Å²) >= 11 is 0. The van der Waals surface area contributed by atoms with Gasteiger partial charge < -0.3 is 14.2 Å². The molecule has 1 aliphatic rings. The van der Waals surface area contributed by atoms with Crippen LogP contribution in [0.15, 0.2) is 12.1 Å². The van der Waals surface area contributed by atoms with Crippen molar-refractivity contribution in [2.45, 2.75) is 39.4 Å². The highest BCUT2D eigenvalue weighted by atomic mass is 16.6. The third-order valence-corrected chi connectivity index (χ3v) is 3.79. The number of ether oxygens (including phenoxy) is 3. The molecule has 110 valence electrons. The molecule has 0 spiro atoms. The van der Waals surface area contributed by atoms with E-state index in [4.69, 9.17) is 14.2 Å². The zero-order valence-electron chi connectivity index (χ0n) is 12.6. The van der Waals surface area contributed by atoms with Crippen LogP contribution in [-0.2, 0) is 14.3 Å². The van der Waals surface area contributed by atoms with Crippen LogP contribution in [0.3, 0.4) is 0 Å². The minimum absolute atomic E-state index is 0.106. The predicted octanol–water partition coefficient (Wildman–Crippen LogP) is 2.36. The van der Waals surface area contributed by atoms with Gasteiger partial charge in [-0.2, -0.15) is 0 Å². The van der Waals surface area contributed by atoms with Gasteiger partial charge in [0.2, 0.25) is 0 Å². The van der Waals surface area contributed by atoms with Gasteiger partial charge in [0.05, 0.1) is 13.2 Å². The van der Waals surface area contributed by atoms with E-state index in [9.17, 15) is 4.79 Å². The number of carbonyl (C=O) groups excluding carboxylic acids is 1. The van der Waals surface area contributed by atoms with Crippen molar-refractivity contribution in [1.82, 2.24) is 0 Å². The van der Waals surface area contributed by atoms with E-state index in [1.165, 1.54) is 5.56 Å². The summed E-state index contributed by atoms with van der Waals surface area (Å²) < 4.78 is 16.5. The zero-order valence-corrected chi connectivity index (χ0v) is 12.6. The number of benzene rings is 1. The van der Waals surface area contributed by atoms with Crippen LogP contribution in [0.25, 0.3) is 0 Å². The molecule has 4 heteroatoms. The Labute approximate surface area is 120 Å². The molecule has 1 aromatic rings. The van der Waals surface area contributed by atoms with Crippen LogP contribution in [0, 0.1) is 20.8 Å². The highest BCUT2D eigenvalue weighted by Gasteiger charge is 2.43. The average Bonchev–Trinajstić information content (AvgIpc) is 2.42. The molecular formula is C16H22O4. The maximum atomic E-state index is 11.6. The van der Waals surface area contributed by atoms with Crippen LogP contribution in [0.1, 0.15) is 23.1 Å². The van der Waals surface area contributed by atoms with Crippen molar-refractivity contribution in [3.8, 4) is 5.75 Å². The van der Waals surface area contributed by atoms with Gasteiger partial charge in [-0.15, -0.1) is 0 Å². The molecular weight excluding hydrogens is 256 g/mol. The summed E-state index contributed by atoms with van der Waals surface area (Å²) in [6, 6.07) is 4.12. The number of ketones is 1. The third kappa shape index (κ3) is 3.02. The Kier molecular flexibility index (Phi) is 4.78. The number of methoxy groups -OCH3 is 1. The van der Waals surface area contributed by atoms with Crippen LogP contribution >= 0.6 is 0 Å². The third-order valence-electron chi connectivity index (χ3n) is 3.79. The molecule has 0 radical (unpaired) electrons. The molecule has 1 saturated carbocycles. The largest absolute Gasteiger partial charge is 0.486 e. The summed E-state index contributed by atoms with van der Waals surface area (Å²) in [6.07, 6.45) is -0.215. The molecule has 2 rings (SSSR count). The molecule has 2 atom stereocenters. The van der Waals surface area contributed by atoms with Crippen molar-refractivity contribution in [3.63, 3.8) is 0 Å². The fourth-order valence-electron chi connectivity index (χ4n) is 2.29. The Morgan fingerprint density at radius 1 is 1.15 bits per heavy atom. The van der Waals surface area contributed by atoms with Gasteiger partial charge >= 0.3 is 0 Å². The van der Waals surface area contributed by atoms with Gasteiger partial charge in [0, 0.05) is 13.5 Å². The van der Waals surface area contributed by atoms with E-state index in [0.717, 1.165) is 16.9 Å². The van der Waals surface area contributed by atoms with Gasteiger partial charge in [0.25, 0.3) is 0 Å². The van der Waals surface area contributed by atoms with Crippen molar-refractivity contribution >= 4 is 5.78 Å². The molecule has 1 aromatic carbocycles. The van der Waals surface area contributed by atoms with Gasteiger partial charge in [0.15, 0.2) is 11.9 Å². The van der Waals surface area contributed by atoms with Gasteiger partial charge in [-0.3, -0.25) is 4.79 Å². The molecule has 0 saturated heterocycles. The molecule has 20 heavy (non-hydrogen) atoms. The number of carbonyl (C=O) groups is 1. The van der Waals surface area contributed by atoms with Crippen LogP contribution in [-0.4, -0.2) is 38.3 Å². The average molecular weight is 278 g/mol. The summed E-state index contributed by atoms with van der Waals surface area (Å²) in [6.45, 7) is 7.01. The van der Waals surface area contributed by atoms with E-state index in [1.807, 2.05) is 19.9 Å². The second kappa shape index (κ2) is 6.37. The summed E-state index contributed by atoms with van der Waals surface area (Å²) in [5, 5.41) is 0. The van der Waals surface area contributed by atoms with Gasteiger partial charge in [-0.25, -0.2) is 0 Å². The second-order valence-electron chi connectivity index (χ2n) is 5.26. The number of rotatable bonds is 6.